The molecule has 1 aromatic rings. The molecule has 1 saturated heterocycles. The Hall–Kier alpha value is -1.10. The normalized spacial score (nSPS) is 21.4. The molecule has 94 valence electrons. The van der Waals surface area contributed by atoms with Gasteiger partial charge in [-0.05, 0) is 13.1 Å². The third kappa shape index (κ3) is 3.43. The fraction of sp³-hybridized carbons (Fsp3) is 0.538. The molecule has 0 saturated carbocycles. The number of benzene rings is 1. The van der Waals surface area contributed by atoms with Crippen LogP contribution in [0.2, 0.25) is 0 Å². The Kier molecular flexibility index (Phi) is 4.36. The molecule has 17 heavy (non-hydrogen) atoms. The average molecular weight is 237 g/mol. The molecule has 1 aromatic carbocycles. The van der Waals surface area contributed by atoms with Gasteiger partial charge in [-0.3, -0.25) is 0 Å². The van der Waals surface area contributed by atoms with E-state index in [-0.39, 0.29) is 12.7 Å². The molecule has 0 spiro atoms. The molecule has 1 aliphatic rings. The van der Waals surface area contributed by atoms with Crippen molar-refractivity contribution in [1.82, 2.24) is 4.90 Å². The summed E-state index contributed by atoms with van der Waals surface area (Å²) in [5.41, 5.74) is 0.816. The molecule has 4 nitrogen and oxygen atoms in total. The van der Waals surface area contributed by atoms with Gasteiger partial charge in [0.2, 0.25) is 0 Å². The van der Waals surface area contributed by atoms with E-state index in [4.69, 9.17) is 9.47 Å². The fourth-order valence-corrected chi connectivity index (χ4v) is 1.93. The van der Waals surface area contributed by atoms with E-state index in [1.165, 1.54) is 0 Å². The largest absolute Gasteiger partial charge is 0.490 e. The zero-order chi connectivity index (χ0) is 12.1. The monoisotopic (exact) mass is 237 g/mol. The first kappa shape index (κ1) is 12.4. The maximum atomic E-state index is 9.18. The minimum Gasteiger partial charge on any atom is -0.490 e. The number of likely N-dealkylation sites (N-methyl/N-ethyl adjacent to an activating group) is 1. The summed E-state index contributed by atoms with van der Waals surface area (Å²) in [4.78, 5) is 2.23. The number of nitrogens with zero attached hydrogens (tertiary/aromatic N) is 1. The zero-order valence-electron chi connectivity index (χ0n) is 10.1. The first-order valence-electron chi connectivity index (χ1n) is 5.91. The lowest BCUT2D eigenvalue weighted by atomic mass is 10.2. The molecule has 0 amide bonds. The Labute approximate surface area is 102 Å². The molecule has 1 heterocycles. The summed E-state index contributed by atoms with van der Waals surface area (Å²) < 4.78 is 11.3. The molecule has 2 rings (SSSR count). The predicted octanol–water partition coefficient (Wildman–Crippen LogP) is 0.888. The van der Waals surface area contributed by atoms with Crippen molar-refractivity contribution in [3.63, 3.8) is 0 Å². The highest BCUT2D eigenvalue weighted by Crippen LogP contribution is 2.18. The summed E-state index contributed by atoms with van der Waals surface area (Å²) in [6.07, 6.45) is 0.112. The number of morpholine rings is 1. The van der Waals surface area contributed by atoms with E-state index >= 15 is 0 Å². The molecule has 1 fully saturated rings. The van der Waals surface area contributed by atoms with Crippen LogP contribution in [0.5, 0.6) is 5.75 Å². The zero-order valence-corrected chi connectivity index (χ0v) is 10.1. The van der Waals surface area contributed by atoms with Crippen LogP contribution in [0.1, 0.15) is 5.56 Å². The average Bonchev–Trinajstić information content (AvgIpc) is 2.37. The summed E-state index contributed by atoms with van der Waals surface area (Å²) in [5, 5.41) is 9.18. The summed E-state index contributed by atoms with van der Waals surface area (Å²) in [5.74, 6) is 0.742. The second-order valence-corrected chi connectivity index (χ2v) is 4.33. The van der Waals surface area contributed by atoms with Gasteiger partial charge in [0.25, 0.3) is 0 Å². The minimum absolute atomic E-state index is 0.00159. The Bertz CT molecular complexity index is 356. The molecule has 0 aliphatic carbocycles. The van der Waals surface area contributed by atoms with Crippen LogP contribution >= 0.6 is 0 Å². The second-order valence-electron chi connectivity index (χ2n) is 4.33. The molecular weight excluding hydrogens is 218 g/mol. The Balaban J connectivity index is 1.88. The molecule has 0 radical (unpaired) electrons. The molecule has 1 aliphatic heterocycles. The topological polar surface area (TPSA) is 41.9 Å². The van der Waals surface area contributed by atoms with E-state index in [0.717, 1.165) is 31.0 Å². The number of para-hydroxylation sites is 1. The van der Waals surface area contributed by atoms with Crippen molar-refractivity contribution >= 4 is 0 Å². The van der Waals surface area contributed by atoms with Gasteiger partial charge in [0.1, 0.15) is 18.5 Å². The van der Waals surface area contributed by atoms with Crippen molar-refractivity contribution in [3.8, 4) is 5.75 Å². The highest BCUT2D eigenvalue weighted by molar-refractivity contribution is 5.32. The molecule has 4 heteroatoms. The lowest BCUT2D eigenvalue weighted by Gasteiger charge is -2.30. The van der Waals surface area contributed by atoms with Crippen LogP contribution in [0.3, 0.4) is 0 Å². The molecule has 0 aromatic heterocycles. The van der Waals surface area contributed by atoms with Gasteiger partial charge in [0.05, 0.1) is 13.2 Å². The van der Waals surface area contributed by atoms with Gasteiger partial charge < -0.3 is 19.5 Å². The van der Waals surface area contributed by atoms with Crippen LogP contribution in [0.4, 0.5) is 0 Å². The summed E-state index contributed by atoms with van der Waals surface area (Å²) in [7, 11) is 2.08. The fourth-order valence-electron chi connectivity index (χ4n) is 1.93. The van der Waals surface area contributed by atoms with Crippen molar-refractivity contribution in [3.05, 3.63) is 29.8 Å². The van der Waals surface area contributed by atoms with E-state index < -0.39 is 0 Å². The van der Waals surface area contributed by atoms with E-state index in [1.807, 2.05) is 24.3 Å². The standard InChI is InChI=1S/C13H19NO3/c1-14-6-7-16-12(8-14)10-17-13-5-3-2-4-11(13)9-15/h2-5,12,15H,6-10H2,1H3. The smallest absolute Gasteiger partial charge is 0.124 e. The minimum atomic E-state index is 0.00159. The predicted molar refractivity (Wildman–Crippen MR) is 65.1 cm³/mol. The van der Waals surface area contributed by atoms with E-state index in [9.17, 15) is 5.11 Å². The highest BCUT2D eigenvalue weighted by atomic mass is 16.5. The third-order valence-corrected chi connectivity index (χ3v) is 2.91. The Morgan fingerprint density at radius 2 is 2.29 bits per heavy atom. The number of rotatable bonds is 4. The van der Waals surface area contributed by atoms with E-state index in [0.29, 0.717) is 6.61 Å². The molecular formula is C13H19NO3. The van der Waals surface area contributed by atoms with Crippen LogP contribution < -0.4 is 4.74 Å². The maximum absolute atomic E-state index is 9.18. The summed E-state index contributed by atoms with van der Waals surface area (Å²) in [6.45, 7) is 3.15. The summed E-state index contributed by atoms with van der Waals surface area (Å²) in [6, 6.07) is 7.53. The lowest BCUT2D eigenvalue weighted by molar-refractivity contribution is -0.0405. The second kappa shape index (κ2) is 6.00. The van der Waals surface area contributed by atoms with Gasteiger partial charge >= 0.3 is 0 Å². The van der Waals surface area contributed by atoms with Crippen molar-refractivity contribution in [1.29, 1.82) is 0 Å². The summed E-state index contributed by atoms with van der Waals surface area (Å²) >= 11 is 0. The Morgan fingerprint density at radius 1 is 1.47 bits per heavy atom. The molecule has 1 atom stereocenters. The third-order valence-electron chi connectivity index (χ3n) is 2.91. The number of ether oxygens (including phenoxy) is 2. The van der Waals surface area contributed by atoms with E-state index in [2.05, 4.69) is 11.9 Å². The van der Waals surface area contributed by atoms with Crippen molar-refractivity contribution < 1.29 is 14.6 Å². The maximum Gasteiger partial charge on any atom is 0.124 e. The van der Waals surface area contributed by atoms with Gasteiger partial charge in [-0.2, -0.15) is 0 Å². The van der Waals surface area contributed by atoms with Crippen LogP contribution in [0.15, 0.2) is 24.3 Å². The van der Waals surface area contributed by atoms with Crippen molar-refractivity contribution in [2.45, 2.75) is 12.7 Å². The van der Waals surface area contributed by atoms with Gasteiger partial charge in [-0.15, -0.1) is 0 Å². The molecule has 1 N–H and O–H groups in total. The van der Waals surface area contributed by atoms with Gasteiger partial charge in [-0.1, -0.05) is 18.2 Å². The first-order valence-corrected chi connectivity index (χ1v) is 5.91. The van der Waals surface area contributed by atoms with Gasteiger partial charge in [-0.25, -0.2) is 0 Å². The number of aliphatic hydroxyl groups is 1. The number of hydrogen-bond acceptors (Lipinski definition) is 4. The van der Waals surface area contributed by atoms with Crippen LogP contribution in [0.25, 0.3) is 0 Å². The SMILES string of the molecule is CN1CCOC(COc2ccccc2CO)C1. The van der Waals surface area contributed by atoms with Gasteiger partial charge in [0, 0.05) is 18.7 Å². The highest BCUT2D eigenvalue weighted by Gasteiger charge is 2.18. The van der Waals surface area contributed by atoms with Crippen LogP contribution in [0, 0.1) is 0 Å². The number of hydrogen-bond donors (Lipinski definition) is 1. The van der Waals surface area contributed by atoms with Crippen LogP contribution in [-0.2, 0) is 11.3 Å². The van der Waals surface area contributed by atoms with Crippen molar-refractivity contribution in [2.24, 2.45) is 0 Å². The van der Waals surface area contributed by atoms with Crippen molar-refractivity contribution in [2.75, 3.05) is 33.4 Å². The molecule has 0 bridgehead atoms. The first-order chi connectivity index (χ1) is 8.29. The number of aliphatic hydroxyl groups excluding tert-OH is 1. The van der Waals surface area contributed by atoms with Gasteiger partial charge in [0.15, 0.2) is 0 Å². The van der Waals surface area contributed by atoms with Crippen LogP contribution in [-0.4, -0.2) is 49.5 Å². The Morgan fingerprint density at radius 3 is 3.06 bits per heavy atom. The lowest BCUT2D eigenvalue weighted by Crippen LogP contribution is -2.42. The quantitative estimate of drug-likeness (QED) is 0.844. The van der Waals surface area contributed by atoms with E-state index in [1.54, 1.807) is 0 Å². The molecule has 1 unspecified atom stereocenters.